The molecular weight excluding hydrogens is 376 g/mol. The monoisotopic (exact) mass is 418 g/mol. The summed E-state index contributed by atoms with van der Waals surface area (Å²) < 4.78 is 11.9. The van der Waals surface area contributed by atoms with Gasteiger partial charge in [0.1, 0.15) is 11.2 Å². The van der Waals surface area contributed by atoms with Crippen molar-refractivity contribution >= 4 is 11.9 Å². The van der Waals surface area contributed by atoms with Crippen LogP contribution in [0.4, 0.5) is 0 Å². The fraction of sp³-hybridized carbons (Fsp3) is 0.769. The number of rotatable bonds is 9. The second-order valence-corrected chi connectivity index (χ2v) is 9.88. The van der Waals surface area contributed by atoms with E-state index in [1.807, 2.05) is 0 Å². The summed E-state index contributed by atoms with van der Waals surface area (Å²) in [7, 11) is 0. The van der Waals surface area contributed by atoms with Crippen molar-refractivity contribution in [2.75, 3.05) is 0 Å². The molecule has 2 rings (SSSR count). The van der Waals surface area contributed by atoms with Crippen LogP contribution >= 0.6 is 0 Å². The standard InChI is InChI=1S/C26H42O4/c1-7-13-25(29-23(27)19(3)4)15-9-21(10-16-25)22-11-17-26(14-8-2,18-12-22)30-24(28)20(5)6/h21-22H,3,5,7-18H2,1-2,4,6H3. The molecule has 0 unspecified atom stereocenters. The molecular formula is C26H42O4. The highest BCUT2D eigenvalue weighted by molar-refractivity contribution is 5.87. The lowest BCUT2D eigenvalue weighted by Gasteiger charge is -2.45. The van der Waals surface area contributed by atoms with Gasteiger partial charge >= 0.3 is 11.9 Å². The summed E-state index contributed by atoms with van der Waals surface area (Å²) in [5, 5.41) is 0. The molecule has 30 heavy (non-hydrogen) atoms. The van der Waals surface area contributed by atoms with Gasteiger partial charge in [-0.2, -0.15) is 0 Å². The van der Waals surface area contributed by atoms with E-state index in [9.17, 15) is 9.59 Å². The predicted octanol–water partition coefficient (Wildman–Crippen LogP) is 6.68. The van der Waals surface area contributed by atoms with Crippen LogP contribution in [-0.2, 0) is 19.1 Å². The first-order valence-electron chi connectivity index (χ1n) is 11.9. The lowest BCUT2D eigenvalue weighted by Crippen LogP contribution is -2.43. The molecule has 0 radical (unpaired) electrons. The maximum atomic E-state index is 12.2. The van der Waals surface area contributed by atoms with Gasteiger partial charge in [0.25, 0.3) is 0 Å². The van der Waals surface area contributed by atoms with Gasteiger partial charge in [-0.15, -0.1) is 0 Å². The third kappa shape index (κ3) is 6.21. The highest BCUT2D eigenvalue weighted by Crippen LogP contribution is 2.47. The molecule has 0 amide bonds. The molecule has 2 saturated carbocycles. The quantitative estimate of drug-likeness (QED) is 0.309. The van der Waals surface area contributed by atoms with Crippen LogP contribution in [0.25, 0.3) is 0 Å². The number of hydrogen-bond donors (Lipinski definition) is 0. The number of carbonyl (C=O) groups is 2. The summed E-state index contributed by atoms with van der Waals surface area (Å²) in [6.45, 7) is 15.2. The van der Waals surface area contributed by atoms with Gasteiger partial charge in [-0.3, -0.25) is 0 Å². The summed E-state index contributed by atoms with van der Waals surface area (Å²) in [4.78, 5) is 24.3. The lowest BCUT2D eigenvalue weighted by atomic mass is 9.66. The highest BCUT2D eigenvalue weighted by atomic mass is 16.6. The van der Waals surface area contributed by atoms with E-state index in [2.05, 4.69) is 27.0 Å². The average molecular weight is 419 g/mol. The van der Waals surface area contributed by atoms with Crippen LogP contribution in [0.15, 0.2) is 24.3 Å². The third-order valence-electron chi connectivity index (χ3n) is 7.28. The largest absolute Gasteiger partial charge is 0.456 e. The number of hydrogen-bond acceptors (Lipinski definition) is 4. The maximum absolute atomic E-state index is 12.2. The van der Waals surface area contributed by atoms with E-state index < -0.39 is 0 Å². The molecule has 4 heteroatoms. The Morgan fingerprint density at radius 3 is 1.27 bits per heavy atom. The first-order valence-corrected chi connectivity index (χ1v) is 11.9. The molecule has 0 aromatic heterocycles. The highest BCUT2D eigenvalue weighted by Gasteiger charge is 2.44. The average Bonchev–Trinajstić information content (AvgIpc) is 2.69. The summed E-state index contributed by atoms with van der Waals surface area (Å²) in [5.74, 6) is 0.858. The van der Waals surface area contributed by atoms with Gasteiger partial charge in [0, 0.05) is 11.1 Å². The molecule has 0 heterocycles. The summed E-state index contributed by atoms with van der Waals surface area (Å²) >= 11 is 0. The molecule has 0 N–H and O–H groups in total. The zero-order valence-corrected chi connectivity index (χ0v) is 19.7. The van der Waals surface area contributed by atoms with Crippen molar-refractivity contribution in [1.82, 2.24) is 0 Å². The molecule has 4 nitrogen and oxygen atoms in total. The van der Waals surface area contributed by atoms with Crippen LogP contribution in [-0.4, -0.2) is 23.1 Å². The van der Waals surface area contributed by atoms with E-state index in [4.69, 9.17) is 9.47 Å². The van der Waals surface area contributed by atoms with E-state index >= 15 is 0 Å². The molecule has 170 valence electrons. The van der Waals surface area contributed by atoms with Gasteiger partial charge in [-0.1, -0.05) is 39.8 Å². The second kappa shape index (κ2) is 10.6. The maximum Gasteiger partial charge on any atom is 0.333 e. The lowest BCUT2D eigenvalue weighted by molar-refractivity contribution is -0.165. The van der Waals surface area contributed by atoms with Crippen molar-refractivity contribution in [3.63, 3.8) is 0 Å². The van der Waals surface area contributed by atoms with E-state index in [1.165, 1.54) is 0 Å². The molecule has 0 aromatic rings. The van der Waals surface area contributed by atoms with E-state index in [0.29, 0.717) is 23.0 Å². The Labute approximate surface area is 183 Å². The minimum atomic E-state index is -0.307. The summed E-state index contributed by atoms with van der Waals surface area (Å²) in [6, 6.07) is 0. The van der Waals surface area contributed by atoms with Gasteiger partial charge in [-0.05, 0) is 89.9 Å². The molecule has 0 aliphatic heterocycles. The van der Waals surface area contributed by atoms with Crippen molar-refractivity contribution in [3.8, 4) is 0 Å². The minimum absolute atomic E-state index is 0.247. The first kappa shape index (κ1) is 24.7. The zero-order valence-electron chi connectivity index (χ0n) is 19.7. The first-order chi connectivity index (χ1) is 14.2. The van der Waals surface area contributed by atoms with Crippen LogP contribution in [0, 0.1) is 11.8 Å². The Morgan fingerprint density at radius 1 is 0.733 bits per heavy atom. The Kier molecular flexibility index (Phi) is 8.75. The van der Waals surface area contributed by atoms with Crippen molar-refractivity contribution in [2.24, 2.45) is 11.8 Å². The van der Waals surface area contributed by atoms with Crippen LogP contribution < -0.4 is 0 Å². The molecule has 0 spiro atoms. The van der Waals surface area contributed by atoms with Crippen molar-refractivity contribution in [1.29, 1.82) is 0 Å². The minimum Gasteiger partial charge on any atom is -0.456 e. The van der Waals surface area contributed by atoms with Gasteiger partial charge < -0.3 is 9.47 Å². The van der Waals surface area contributed by atoms with Crippen LogP contribution in [0.2, 0.25) is 0 Å². The fourth-order valence-electron chi connectivity index (χ4n) is 5.56. The van der Waals surface area contributed by atoms with Crippen molar-refractivity contribution < 1.29 is 19.1 Å². The number of esters is 2. The van der Waals surface area contributed by atoms with Crippen molar-refractivity contribution in [3.05, 3.63) is 24.3 Å². The van der Waals surface area contributed by atoms with Crippen molar-refractivity contribution in [2.45, 2.75) is 116 Å². The molecule has 2 aliphatic carbocycles. The summed E-state index contributed by atoms with van der Waals surface area (Å²) in [5.41, 5.74) is 0.352. The third-order valence-corrected chi connectivity index (χ3v) is 7.28. The normalized spacial score (nSPS) is 31.6. The zero-order chi connectivity index (χ0) is 22.4. The SMILES string of the molecule is C=C(C)C(=O)OC1(CCC)CCC(C2CCC(CCC)(OC(=O)C(=C)C)CC2)CC1. The van der Waals surface area contributed by atoms with E-state index in [1.54, 1.807) is 13.8 Å². The Balaban J connectivity index is 1.95. The molecule has 0 saturated heterocycles. The van der Waals surface area contributed by atoms with E-state index in [0.717, 1.165) is 77.0 Å². The fourth-order valence-corrected chi connectivity index (χ4v) is 5.56. The predicted molar refractivity (Wildman–Crippen MR) is 121 cm³/mol. The summed E-state index contributed by atoms with van der Waals surface area (Å²) in [6.07, 6.45) is 12.1. The molecule has 0 atom stereocenters. The van der Waals surface area contributed by atoms with Crippen LogP contribution in [0.5, 0.6) is 0 Å². The number of ether oxygens (including phenoxy) is 2. The molecule has 2 aliphatic rings. The van der Waals surface area contributed by atoms with Gasteiger partial charge in [0.05, 0.1) is 0 Å². The topological polar surface area (TPSA) is 52.6 Å². The number of carbonyl (C=O) groups excluding carboxylic acids is 2. The Hall–Kier alpha value is -1.58. The van der Waals surface area contributed by atoms with Crippen LogP contribution in [0.3, 0.4) is 0 Å². The van der Waals surface area contributed by atoms with Gasteiger partial charge in [0.2, 0.25) is 0 Å². The van der Waals surface area contributed by atoms with Crippen LogP contribution in [0.1, 0.15) is 105 Å². The molecule has 2 fully saturated rings. The Bertz CT molecular complexity index is 575. The van der Waals surface area contributed by atoms with Gasteiger partial charge in [-0.25, -0.2) is 9.59 Å². The molecule has 0 aromatic carbocycles. The Morgan fingerprint density at radius 2 is 1.03 bits per heavy atom. The second-order valence-electron chi connectivity index (χ2n) is 9.88. The van der Waals surface area contributed by atoms with E-state index in [-0.39, 0.29) is 23.1 Å². The molecule has 0 bridgehead atoms. The smallest absolute Gasteiger partial charge is 0.333 e. The van der Waals surface area contributed by atoms with Gasteiger partial charge in [0.15, 0.2) is 0 Å².